The summed E-state index contributed by atoms with van der Waals surface area (Å²) in [5, 5.41) is 4.53. The average Bonchev–Trinajstić information content (AvgIpc) is 3.11. The quantitative estimate of drug-likeness (QED) is 0.740. The minimum Gasteiger partial charge on any atom is -0.347 e. The number of aromatic nitrogens is 2. The van der Waals surface area contributed by atoms with Crippen LogP contribution in [-0.2, 0) is 0 Å². The van der Waals surface area contributed by atoms with Crippen molar-refractivity contribution in [1.82, 2.24) is 14.5 Å². The number of carbonyl (C=O) groups is 1. The zero-order valence-corrected chi connectivity index (χ0v) is 18.6. The van der Waals surface area contributed by atoms with Gasteiger partial charge in [-0.05, 0) is 62.3 Å². The number of halogens is 2. The summed E-state index contributed by atoms with van der Waals surface area (Å²) in [4.78, 5) is 19.8. The van der Waals surface area contributed by atoms with E-state index in [1.165, 1.54) is 12.8 Å². The van der Waals surface area contributed by atoms with Crippen molar-refractivity contribution in [2.45, 2.75) is 38.6 Å². The molecular weight excluding hydrogens is 421 g/mol. The fourth-order valence-electron chi connectivity index (χ4n) is 4.72. The normalized spacial score (nSPS) is 21.0. The maximum absolute atomic E-state index is 13.2. The predicted octanol–water partition coefficient (Wildman–Crippen LogP) is 4.24. The van der Waals surface area contributed by atoms with Crippen LogP contribution in [0.15, 0.2) is 30.0 Å². The van der Waals surface area contributed by atoms with Gasteiger partial charge in [0.15, 0.2) is 0 Å². The summed E-state index contributed by atoms with van der Waals surface area (Å²) in [5.74, 6) is 0.595. The molecular formula is C22H25Cl2N5O. The number of rotatable bonds is 3. The predicted molar refractivity (Wildman–Crippen MR) is 120 cm³/mol. The molecule has 1 saturated carbocycles. The zero-order valence-electron chi connectivity index (χ0n) is 17.1. The molecule has 2 aromatic rings. The molecule has 0 atom stereocenters. The van der Waals surface area contributed by atoms with E-state index in [0.29, 0.717) is 33.6 Å². The van der Waals surface area contributed by atoms with Crippen LogP contribution in [0, 0.1) is 5.41 Å². The average molecular weight is 446 g/mol. The van der Waals surface area contributed by atoms with Gasteiger partial charge in [-0.2, -0.15) is 0 Å². The molecule has 158 valence electrons. The lowest BCUT2D eigenvalue weighted by atomic mass is 9.88. The van der Waals surface area contributed by atoms with Gasteiger partial charge in [-0.25, -0.2) is 4.98 Å². The summed E-state index contributed by atoms with van der Waals surface area (Å²) < 4.78 is 1.90. The first-order chi connectivity index (χ1) is 14.2. The molecule has 3 heterocycles. The van der Waals surface area contributed by atoms with E-state index in [4.69, 9.17) is 28.9 Å². The van der Waals surface area contributed by atoms with E-state index in [9.17, 15) is 4.79 Å². The Kier molecular flexibility index (Phi) is 4.47. The van der Waals surface area contributed by atoms with Crippen LogP contribution in [0.25, 0.3) is 5.70 Å². The molecule has 1 aliphatic carbocycles. The lowest BCUT2D eigenvalue weighted by Gasteiger charge is -2.37. The molecule has 0 unspecified atom stereocenters. The van der Waals surface area contributed by atoms with Crippen LogP contribution in [0.5, 0.6) is 0 Å². The first kappa shape index (κ1) is 19.9. The van der Waals surface area contributed by atoms with E-state index in [1.54, 1.807) is 18.3 Å². The van der Waals surface area contributed by atoms with E-state index in [2.05, 4.69) is 24.1 Å². The number of nitrogens with one attached hydrogen (secondary N) is 1. The van der Waals surface area contributed by atoms with Crippen LogP contribution < -0.4 is 11.1 Å². The van der Waals surface area contributed by atoms with Crippen molar-refractivity contribution in [3.63, 3.8) is 0 Å². The number of hydrogen-bond donors (Lipinski definition) is 2. The Morgan fingerprint density at radius 3 is 2.67 bits per heavy atom. The topological polar surface area (TPSA) is 76.2 Å². The highest BCUT2D eigenvalue weighted by atomic mass is 35.5. The molecule has 1 amide bonds. The monoisotopic (exact) mass is 445 g/mol. The number of anilines is 1. The van der Waals surface area contributed by atoms with Gasteiger partial charge in [-0.3, -0.25) is 9.36 Å². The first-order valence-electron chi connectivity index (χ1n) is 10.3. The van der Waals surface area contributed by atoms with Gasteiger partial charge < -0.3 is 16.0 Å². The summed E-state index contributed by atoms with van der Waals surface area (Å²) in [6.07, 6.45) is 5.36. The maximum atomic E-state index is 13.2. The summed E-state index contributed by atoms with van der Waals surface area (Å²) in [7, 11) is 0. The minimum absolute atomic E-state index is 0.0175. The van der Waals surface area contributed by atoms with Crippen molar-refractivity contribution in [3.05, 3.63) is 51.3 Å². The lowest BCUT2D eigenvalue weighted by molar-refractivity contribution is 0.0780. The second-order valence-corrected chi connectivity index (χ2v) is 10.0. The Hall–Kier alpha value is -2.02. The number of nitrogens with zero attached hydrogens (tertiary/aromatic N) is 3. The van der Waals surface area contributed by atoms with Gasteiger partial charge in [0, 0.05) is 36.4 Å². The van der Waals surface area contributed by atoms with E-state index < -0.39 is 5.54 Å². The van der Waals surface area contributed by atoms with Crippen molar-refractivity contribution in [1.29, 1.82) is 0 Å². The highest BCUT2D eigenvalue weighted by molar-refractivity contribution is 6.35. The standard InChI is InChI=1S/C22H25Cl2N5O/c1-21(2)15(10-25)18(14-4-3-13(23)9-16(14)24)29-11-17(26-20(29)27-21)19(30)28-8-7-22(12-28)5-6-22/h3-4,9,11H,5-8,10,12,25H2,1-2H3,(H,26,27). The molecule has 6 nitrogen and oxygen atoms in total. The number of amides is 1. The third kappa shape index (κ3) is 3.13. The second kappa shape index (κ2) is 6.74. The van der Waals surface area contributed by atoms with E-state index >= 15 is 0 Å². The third-order valence-corrected chi connectivity index (χ3v) is 7.25. The zero-order chi connectivity index (χ0) is 21.3. The number of fused-ring (bicyclic) bond motifs is 1. The van der Waals surface area contributed by atoms with Crippen LogP contribution in [0.2, 0.25) is 10.0 Å². The number of likely N-dealkylation sites (tertiary alicyclic amines) is 1. The highest BCUT2D eigenvalue weighted by Gasteiger charge is 2.49. The smallest absolute Gasteiger partial charge is 0.274 e. The summed E-state index contributed by atoms with van der Waals surface area (Å²) in [6, 6.07) is 5.41. The molecule has 2 fully saturated rings. The Bertz CT molecular complexity index is 1080. The summed E-state index contributed by atoms with van der Waals surface area (Å²) in [6.45, 7) is 6.09. The number of nitrogens with two attached hydrogens (primary N) is 1. The van der Waals surface area contributed by atoms with Crippen molar-refractivity contribution in [2.75, 3.05) is 25.0 Å². The van der Waals surface area contributed by atoms with Crippen LogP contribution in [0.1, 0.15) is 49.2 Å². The Morgan fingerprint density at radius 2 is 2.03 bits per heavy atom. The minimum atomic E-state index is -0.444. The third-order valence-electron chi connectivity index (χ3n) is 6.70. The molecule has 2 aliphatic heterocycles. The van der Waals surface area contributed by atoms with Crippen LogP contribution >= 0.6 is 23.2 Å². The fraction of sp³-hybridized carbons (Fsp3) is 0.455. The number of imidazole rings is 1. The van der Waals surface area contributed by atoms with Gasteiger partial charge in [-0.15, -0.1) is 0 Å². The van der Waals surface area contributed by atoms with Crippen molar-refractivity contribution < 1.29 is 4.79 Å². The van der Waals surface area contributed by atoms with Crippen molar-refractivity contribution >= 4 is 40.8 Å². The first-order valence-corrected chi connectivity index (χ1v) is 11.0. The molecule has 1 saturated heterocycles. The molecule has 1 aromatic carbocycles. The Labute approximate surface area is 186 Å². The molecule has 0 radical (unpaired) electrons. The van der Waals surface area contributed by atoms with Gasteiger partial charge in [0.2, 0.25) is 5.95 Å². The molecule has 1 spiro atoms. The van der Waals surface area contributed by atoms with E-state index in [-0.39, 0.29) is 5.91 Å². The lowest BCUT2D eigenvalue weighted by Crippen LogP contribution is -2.42. The molecule has 3 aliphatic rings. The van der Waals surface area contributed by atoms with Gasteiger partial charge >= 0.3 is 0 Å². The number of benzene rings is 1. The van der Waals surface area contributed by atoms with Gasteiger partial charge in [0.05, 0.1) is 16.3 Å². The molecule has 30 heavy (non-hydrogen) atoms. The van der Waals surface area contributed by atoms with Crippen LogP contribution in [-0.4, -0.2) is 45.5 Å². The molecule has 3 N–H and O–H groups in total. The fourth-order valence-corrected chi connectivity index (χ4v) is 5.22. The largest absolute Gasteiger partial charge is 0.347 e. The molecule has 1 aromatic heterocycles. The second-order valence-electron chi connectivity index (χ2n) is 9.20. The Morgan fingerprint density at radius 1 is 1.27 bits per heavy atom. The van der Waals surface area contributed by atoms with Crippen LogP contribution in [0.3, 0.4) is 0 Å². The number of hydrogen-bond acceptors (Lipinski definition) is 4. The Balaban J connectivity index is 1.60. The van der Waals surface area contributed by atoms with Crippen LogP contribution in [0.4, 0.5) is 5.95 Å². The SMILES string of the molecule is CC1(C)Nc2nc(C(=O)N3CCC4(CC4)C3)cn2C(c2ccc(Cl)cc2Cl)=C1CN. The van der Waals surface area contributed by atoms with Crippen molar-refractivity contribution in [3.8, 4) is 0 Å². The van der Waals surface area contributed by atoms with Gasteiger partial charge in [0.25, 0.3) is 5.91 Å². The molecule has 8 heteroatoms. The van der Waals surface area contributed by atoms with E-state index in [0.717, 1.165) is 36.3 Å². The molecule has 0 bridgehead atoms. The number of carbonyl (C=O) groups excluding carboxylic acids is 1. The molecule has 5 rings (SSSR count). The van der Waals surface area contributed by atoms with E-state index in [1.807, 2.05) is 15.5 Å². The van der Waals surface area contributed by atoms with Gasteiger partial charge in [0.1, 0.15) is 5.69 Å². The van der Waals surface area contributed by atoms with Gasteiger partial charge in [-0.1, -0.05) is 23.2 Å². The summed E-state index contributed by atoms with van der Waals surface area (Å²) in [5.41, 5.74) is 9.19. The maximum Gasteiger partial charge on any atom is 0.274 e. The van der Waals surface area contributed by atoms with Crippen molar-refractivity contribution in [2.24, 2.45) is 11.1 Å². The highest BCUT2D eigenvalue weighted by Crippen LogP contribution is 2.52. The summed E-state index contributed by atoms with van der Waals surface area (Å²) >= 11 is 12.7.